The highest BCUT2D eigenvalue weighted by molar-refractivity contribution is 7.89. The molecule has 0 fully saturated rings. The second-order valence-corrected chi connectivity index (χ2v) is 9.22. The molecule has 0 radical (unpaired) electrons. The minimum atomic E-state index is -3.87. The summed E-state index contributed by atoms with van der Waals surface area (Å²) in [5, 5.41) is 8.33. The van der Waals surface area contributed by atoms with Crippen LogP contribution in [0.3, 0.4) is 0 Å². The van der Waals surface area contributed by atoms with Crippen LogP contribution in [0.5, 0.6) is 0 Å². The zero-order valence-corrected chi connectivity index (χ0v) is 16.3. The van der Waals surface area contributed by atoms with Gasteiger partial charge >= 0.3 is 0 Å². The summed E-state index contributed by atoms with van der Waals surface area (Å²) in [6.45, 7) is 7.91. The van der Waals surface area contributed by atoms with Crippen LogP contribution in [0, 0.1) is 13.8 Å². The Morgan fingerprint density at radius 1 is 1.19 bits per heavy atom. The van der Waals surface area contributed by atoms with E-state index >= 15 is 0 Å². The number of carbonyl (C=O) groups excluding carboxylic acids is 1. The molecule has 0 bridgehead atoms. The molecular weight excluding hydrogens is 348 g/mol. The number of aryl methyl sites for hydroxylation is 1. The molecule has 2 aromatic rings. The van der Waals surface area contributed by atoms with Crippen LogP contribution in [0.1, 0.15) is 58.9 Å². The summed E-state index contributed by atoms with van der Waals surface area (Å²) < 4.78 is 23.4. The van der Waals surface area contributed by atoms with E-state index in [2.05, 4.69) is 25.2 Å². The van der Waals surface area contributed by atoms with Crippen molar-refractivity contribution < 1.29 is 13.2 Å². The Kier molecular flexibility index (Phi) is 4.45. The molecule has 1 amide bonds. The molecule has 1 unspecified atom stereocenters. The van der Waals surface area contributed by atoms with Crippen molar-refractivity contribution in [3.05, 3.63) is 64.2 Å². The van der Waals surface area contributed by atoms with Gasteiger partial charge in [-0.2, -0.15) is 0 Å². The first-order chi connectivity index (χ1) is 12.0. The molecule has 138 valence electrons. The van der Waals surface area contributed by atoms with E-state index < -0.39 is 10.0 Å². The van der Waals surface area contributed by atoms with Crippen molar-refractivity contribution in [3.8, 4) is 0 Å². The molecule has 6 heteroatoms. The number of sulfonamides is 1. The number of amides is 1. The lowest BCUT2D eigenvalue weighted by atomic mass is 9.86. The van der Waals surface area contributed by atoms with Gasteiger partial charge in [0.15, 0.2) is 0 Å². The summed E-state index contributed by atoms with van der Waals surface area (Å²) in [4.78, 5) is 12.9. The Bertz CT molecular complexity index is 994. The molecule has 0 saturated heterocycles. The summed E-state index contributed by atoms with van der Waals surface area (Å²) in [6.07, 6.45) is 0.797. The number of fused-ring (bicyclic) bond motifs is 1. The fourth-order valence-corrected chi connectivity index (χ4v) is 4.36. The van der Waals surface area contributed by atoms with E-state index in [1.54, 1.807) is 6.92 Å². The quantitative estimate of drug-likeness (QED) is 0.867. The predicted octanol–water partition coefficient (Wildman–Crippen LogP) is 3.10. The fourth-order valence-electron chi connectivity index (χ4n) is 3.74. The van der Waals surface area contributed by atoms with Crippen LogP contribution in [0.4, 0.5) is 0 Å². The first-order valence-electron chi connectivity index (χ1n) is 8.55. The third kappa shape index (κ3) is 3.27. The molecule has 26 heavy (non-hydrogen) atoms. The molecule has 0 saturated carbocycles. The molecule has 3 N–H and O–H groups in total. The van der Waals surface area contributed by atoms with Gasteiger partial charge in [0.05, 0.1) is 10.9 Å². The summed E-state index contributed by atoms with van der Waals surface area (Å²) in [5.41, 5.74) is 4.13. The van der Waals surface area contributed by atoms with Gasteiger partial charge in [0.1, 0.15) is 0 Å². The molecule has 2 aromatic carbocycles. The Balaban J connectivity index is 1.96. The number of rotatable bonds is 3. The van der Waals surface area contributed by atoms with Crippen LogP contribution in [-0.4, -0.2) is 14.3 Å². The van der Waals surface area contributed by atoms with Crippen molar-refractivity contribution in [1.29, 1.82) is 0 Å². The lowest BCUT2D eigenvalue weighted by Gasteiger charge is -2.20. The summed E-state index contributed by atoms with van der Waals surface area (Å²) in [7, 11) is -3.87. The van der Waals surface area contributed by atoms with Crippen molar-refractivity contribution in [1.82, 2.24) is 5.32 Å². The third-order valence-corrected chi connectivity index (χ3v) is 6.19. The molecule has 0 spiro atoms. The van der Waals surface area contributed by atoms with Crippen molar-refractivity contribution in [2.45, 2.75) is 50.5 Å². The van der Waals surface area contributed by atoms with Gasteiger partial charge < -0.3 is 5.32 Å². The van der Waals surface area contributed by atoms with Crippen LogP contribution in [0.25, 0.3) is 0 Å². The van der Waals surface area contributed by atoms with Crippen molar-refractivity contribution in [3.63, 3.8) is 0 Å². The second-order valence-electron chi connectivity index (χ2n) is 7.66. The molecule has 0 aliphatic heterocycles. The average Bonchev–Trinajstić information content (AvgIpc) is 2.80. The lowest BCUT2D eigenvalue weighted by molar-refractivity contribution is 0.0933. The molecule has 0 heterocycles. The van der Waals surface area contributed by atoms with E-state index in [1.807, 2.05) is 25.1 Å². The Hall–Kier alpha value is -2.18. The molecular formula is C20H24N2O3S. The van der Waals surface area contributed by atoms with E-state index in [9.17, 15) is 13.2 Å². The maximum absolute atomic E-state index is 12.9. The Labute approximate surface area is 154 Å². The maximum Gasteiger partial charge on any atom is 0.252 e. The van der Waals surface area contributed by atoms with Gasteiger partial charge in [0.25, 0.3) is 5.91 Å². The van der Waals surface area contributed by atoms with Crippen LogP contribution in [-0.2, 0) is 15.4 Å². The minimum Gasteiger partial charge on any atom is -0.345 e. The number of carbonyl (C=O) groups is 1. The number of hydrogen-bond donors (Lipinski definition) is 2. The van der Waals surface area contributed by atoms with E-state index in [1.165, 1.54) is 17.7 Å². The SMILES string of the molecule is Cc1cc(S(N)(=O)=O)cc(C(=O)NC2CC(C)(C)c3ccccc32)c1C. The zero-order valence-electron chi connectivity index (χ0n) is 15.5. The maximum atomic E-state index is 12.9. The number of hydrogen-bond acceptors (Lipinski definition) is 3. The first-order valence-corrected chi connectivity index (χ1v) is 10.1. The number of nitrogens with two attached hydrogens (primary N) is 1. The standard InChI is InChI=1S/C20H24N2O3S/c1-12-9-14(26(21,24)25)10-16(13(12)2)19(23)22-18-11-20(3,4)17-8-6-5-7-15(17)18/h5-10,18H,11H2,1-4H3,(H,22,23)(H2,21,24,25). The summed E-state index contributed by atoms with van der Waals surface area (Å²) in [5.74, 6) is -0.284. The van der Waals surface area contributed by atoms with Gasteiger partial charge in [-0.25, -0.2) is 13.6 Å². The highest BCUT2D eigenvalue weighted by Crippen LogP contribution is 2.44. The summed E-state index contributed by atoms with van der Waals surface area (Å²) >= 11 is 0. The van der Waals surface area contributed by atoms with Gasteiger partial charge in [-0.1, -0.05) is 38.1 Å². The monoisotopic (exact) mass is 372 g/mol. The van der Waals surface area contributed by atoms with Crippen molar-refractivity contribution in [2.75, 3.05) is 0 Å². The van der Waals surface area contributed by atoms with Gasteiger partial charge in [0.2, 0.25) is 10.0 Å². The average molecular weight is 372 g/mol. The molecule has 1 atom stereocenters. The molecule has 1 aliphatic carbocycles. The normalized spacial score (nSPS) is 18.4. The smallest absolute Gasteiger partial charge is 0.252 e. The number of primary sulfonamides is 1. The predicted molar refractivity (Wildman–Crippen MR) is 102 cm³/mol. The van der Waals surface area contributed by atoms with Gasteiger partial charge in [0, 0.05) is 5.56 Å². The van der Waals surface area contributed by atoms with Gasteiger partial charge in [-0.15, -0.1) is 0 Å². The lowest BCUT2D eigenvalue weighted by Crippen LogP contribution is -2.29. The van der Waals surface area contributed by atoms with Gasteiger partial charge in [-0.05, 0) is 60.1 Å². The van der Waals surface area contributed by atoms with E-state index in [4.69, 9.17) is 5.14 Å². The van der Waals surface area contributed by atoms with Crippen molar-refractivity contribution in [2.24, 2.45) is 5.14 Å². The largest absolute Gasteiger partial charge is 0.345 e. The topological polar surface area (TPSA) is 89.3 Å². The van der Waals surface area contributed by atoms with Crippen molar-refractivity contribution >= 4 is 15.9 Å². The minimum absolute atomic E-state index is 0.0258. The van der Waals surface area contributed by atoms with Crippen LogP contribution in [0.2, 0.25) is 0 Å². The first kappa shape index (κ1) is 18.6. The molecule has 5 nitrogen and oxygen atoms in total. The highest BCUT2D eigenvalue weighted by atomic mass is 32.2. The third-order valence-electron chi connectivity index (χ3n) is 5.30. The van der Waals surface area contributed by atoms with Gasteiger partial charge in [-0.3, -0.25) is 4.79 Å². The van der Waals surface area contributed by atoms with E-state index in [0.29, 0.717) is 11.1 Å². The number of nitrogens with one attached hydrogen (secondary N) is 1. The Morgan fingerprint density at radius 2 is 1.85 bits per heavy atom. The zero-order chi connectivity index (χ0) is 19.3. The highest BCUT2D eigenvalue weighted by Gasteiger charge is 2.37. The molecule has 1 aliphatic rings. The van der Waals surface area contributed by atoms with E-state index in [0.717, 1.165) is 17.5 Å². The fraction of sp³-hybridized carbons (Fsp3) is 0.350. The van der Waals surface area contributed by atoms with E-state index in [-0.39, 0.29) is 22.3 Å². The van der Waals surface area contributed by atoms with Crippen LogP contribution in [0.15, 0.2) is 41.3 Å². The molecule has 3 rings (SSSR count). The molecule has 0 aromatic heterocycles. The van der Waals surface area contributed by atoms with Crippen LogP contribution >= 0.6 is 0 Å². The van der Waals surface area contributed by atoms with Crippen LogP contribution < -0.4 is 10.5 Å². The number of benzene rings is 2. The summed E-state index contributed by atoms with van der Waals surface area (Å²) in [6, 6.07) is 10.9. The Morgan fingerprint density at radius 3 is 2.50 bits per heavy atom. The second kappa shape index (κ2) is 6.21.